The third-order valence-corrected chi connectivity index (χ3v) is 5.84. The number of nitrogens with zero attached hydrogens (tertiary/aromatic N) is 1. The minimum absolute atomic E-state index is 0.176. The van der Waals surface area contributed by atoms with Crippen molar-refractivity contribution in [3.8, 4) is 0 Å². The molecule has 1 aromatic heterocycles. The van der Waals surface area contributed by atoms with Gasteiger partial charge in [-0.25, -0.2) is 31.3 Å². The van der Waals surface area contributed by atoms with Crippen LogP contribution in [0.5, 0.6) is 0 Å². The first-order valence-electron chi connectivity index (χ1n) is 6.20. The Morgan fingerprint density at radius 1 is 1.09 bits per heavy atom. The van der Waals surface area contributed by atoms with Gasteiger partial charge in [-0.05, 0) is 26.1 Å². The molecule has 0 spiro atoms. The monoisotopic (exact) mass is 345 g/mol. The average Bonchev–Trinajstić information content (AvgIpc) is 2.91. The summed E-state index contributed by atoms with van der Waals surface area (Å²) in [5, 5.41) is 0. The van der Waals surface area contributed by atoms with Crippen LogP contribution in [0.3, 0.4) is 0 Å². The topological polar surface area (TPSA) is 118 Å². The van der Waals surface area contributed by atoms with Crippen LogP contribution in [0.2, 0.25) is 0 Å². The molecule has 0 bridgehead atoms. The fraction of sp³-hybridized carbons (Fsp3) is 0.250. The Balaban J connectivity index is 2.34. The van der Waals surface area contributed by atoms with E-state index in [1.54, 1.807) is 6.92 Å². The van der Waals surface area contributed by atoms with E-state index in [0.29, 0.717) is 5.76 Å². The molecule has 8 nitrogen and oxygen atoms in total. The molecule has 1 aromatic carbocycles. The predicted molar refractivity (Wildman–Crippen MR) is 78.0 cm³/mol. The third-order valence-electron chi connectivity index (χ3n) is 2.78. The molecule has 22 heavy (non-hydrogen) atoms. The molecule has 0 unspecified atom stereocenters. The second-order valence-corrected chi connectivity index (χ2v) is 7.93. The van der Waals surface area contributed by atoms with Crippen LogP contribution in [-0.4, -0.2) is 28.9 Å². The van der Waals surface area contributed by atoms with E-state index in [1.165, 1.54) is 37.5 Å². The van der Waals surface area contributed by atoms with Crippen LogP contribution in [0.1, 0.15) is 11.7 Å². The minimum Gasteiger partial charge on any atom is -0.445 e. The van der Waals surface area contributed by atoms with Gasteiger partial charge in [0.15, 0.2) is 0 Å². The number of sulfonamides is 2. The Kier molecular flexibility index (Phi) is 4.66. The van der Waals surface area contributed by atoms with Crippen LogP contribution < -0.4 is 9.44 Å². The first kappa shape index (κ1) is 16.6. The number of hydrogen-bond donors (Lipinski definition) is 2. The zero-order valence-corrected chi connectivity index (χ0v) is 13.5. The van der Waals surface area contributed by atoms with Crippen LogP contribution in [0.4, 0.5) is 0 Å². The molecule has 2 N–H and O–H groups in total. The molecule has 2 aromatic rings. The van der Waals surface area contributed by atoms with Gasteiger partial charge in [0.25, 0.3) is 0 Å². The van der Waals surface area contributed by atoms with E-state index in [0.717, 1.165) is 0 Å². The SMILES string of the molecule is CNS(=O)(=O)c1ccccc1S(=O)(=O)NCc1ncc(C)o1. The van der Waals surface area contributed by atoms with Crippen LogP contribution in [0.25, 0.3) is 0 Å². The highest BCUT2D eigenvalue weighted by Gasteiger charge is 2.25. The van der Waals surface area contributed by atoms with Gasteiger partial charge in [-0.2, -0.15) is 0 Å². The molecule has 0 amide bonds. The Bertz CT molecular complexity index is 872. The number of oxazole rings is 1. The summed E-state index contributed by atoms with van der Waals surface area (Å²) in [6.45, 7) is 1.50. The molecule has 0 aliphatic rings. The second-order valence-electron chi connectivity index (χ2n) is 4.34. The number of hydrogen-bond acceptors (Lipinski definition) is 6. The summed E-state index contributed by atoms with van der Waals surface area (Å²) >= 11 is 0. The number of nitrogens with one attached hydrogen (secondary N) is 2. The molecule has 0 aliphatic heterocycles. The van der Waals surface area contributed by atoms with Crippen molar-refractivity contribution in [1.82, 2.24) is 14.4 Å². The molecule has 0 fully saturated rings. The number of benzene rings is 1. The van der Waals surface area contributed by atoms with E-state index >= 15 is 0 Å². The van der Waals surface area contributed by atoms with Crippen molar-refractivity contribution in [2.45, 2.75) is 23.3 Å². The standard InChI is InChI=1S/C12H15N3O5S2/c1-9-7-14-12(20-9)8-15-22(18,19)11-6-4-3-5-10(11)21(16,17)13-2/h3-7,13,15H,8H2,1-2H3. The predicted octanol–water partition coefficient (Wildman–Crippen LogP) is 0.370. The van der Waals surface area contributed by atoms with Gasteiger partial charge in [0.05, 0.1) is 12.7 Å². The zero-order chi connectivity index (χ0) is 16.4. The largest absolute Gasteiger partial charge is 0.445 e. The van der Waals surface area contributed by atoms with E-state index in [-0.39, 0.29) is 22.2 Å². The van der Waals surface area contributed by atoms with Crippen LogP contribution in [-0.2, 0) is 26.6 Å². The summed E-state index contributed by atoms with van der Waals surface area (Å²) in [6, 6.07) is 5.32. The Labute approximate surface area is 128 Å². The van der Waals surface area contributed by atoms with Crippen molar-refractivity contribution in [2.75, 3.05) is 7.05 Å². The molecule has 120 valence electrons. The van der Waals surface area contributed by atoms with Crippen LogP contribution in [0.15, 0.2) is 44.7 Å². The lowest BCUT2D eigenvalue weighted by Gasteiger charge is -2.10. The van der Waals surface area contributed by atoms with Crippen LogP contribution in [0, 0.1) is 6.92 Å². The normalized spacial score (nSPS) is 12.5. The lowest BCUT2D eigenvalue weighted by atomic mass is 10.4. The highest BCUT2D eigenvalue weighted by Crippen LogP contribution is 2.20. The fourth-order valence-corrected chi connectivity index (χ4v) is 4.25. The van der Waals surface area contributed by atoms with Gasteiger partial charge >= 0.3 is 0 Å². The summed E-state index contributed by atoms with van der Waals surface area (Å²) in [4.78, 5) is 3.21. The number of aromatic nitrogens is 1. The molecule has 0 aliphatic carbocycles. The summed E-state index contributed by atoms with van der Waals surface area (Å²) in [5.74, 6) is 0.738. The summed E-state index contributed by atoms with van der Waals surface area (Å²) < 4.78 is 58.0. The van der Waals surface area contributed by atoms with E-state index in [2.05, 4.69) is 14.4 Å². The van der Waals surface area contributed by atoms with Crippen molar-refractivity contribution in [3.63, 3.8) is 0 Å². The van der Waals surface area contributed by atoms with Gasteiger partial charge in [0.1, 0.15) is 15.6 Å². The lowest BCUT2D eigenvalue weighted by molar-refractivity contribution is 0.463. The maximum atomic E-state index is 12.3. The van der Waals surface area contributed by atoms with Crippen LogP contribution >= 0.6 is 0 Å². The molecule has 0 radical (unpaired) electrons. The van der Waals surface area contributed by atoms with E-state index in [1.807, 2.05) is 0 Å². The summed E-state index contributed by atoms with van der Waals surface area (Å²) in [5.41, 5.74) is 0. The minimum atomic E-state index is -4.04. The van der Waals surface area contributed by atoms with Gasteiger partial charge in [-0.1, -0.05) is 12.1 Å². The quantitative estimate of drug-likeness (QED) is 0.781. The number of rotatable bonds is 6. The molecule has 1 heterocycles. The summed E-state index contributed by atoms with van der Waals surface area (Å²) in [6.07, 6.45) is 1.46. The highest BCUT2D eigenvalue weighted by atomic mass is 32.2. The van der Waals surface area contributed by atoms with E-state index in [9.17, 15) is 16.8 Å². The smallest absolute Gasteiger partial charge is 0.242 e. The van der Waals surface area contributed by atoms with Gasteiger partial charge in [0.2, 0.25) is 25.9 Å². The molecular weight excluding hydrogens is 330 g/mol. The zero-order valence-electron chi connectivity index (χ0n) is 11.9. The average molecular weight is 345 g/mol. The van der Waals surface area contributed by atoms with Gasteiger partial charge in [-0.15, -0.1) is 0 Å². The third kappa shape index (κ3) is 3.53. The highest BCUT2D eigenvalue weighted by molar-refractivity contribution is 7.92. The van der Waals surface area contributed by atoms with Crippen molar-refractivity contribution in [2.24, 2.45) is 0 Å². The molecule has 0 saturated heterocycles. The number of aryl methyl sites for hydroxylation is 1. The van der Waals surface area contributed by atoms with Crippen molar-refractivity contribution in [1.29, 1.82) is 0 Å². The molecule has 0 atom stereocenters. The first-order valence-corrected chi connectivity index (χ1v) is 9.16. The molecular formula is C12H15N3O5S2. The maximum Gasteiger partial charge on any atom is 0.242 e. The Morgan fingerprint density at radius 2 is 1.68 bits per heavy atom. The Morgan fingerprint density at radius 3 is 2.18 bits per heavy atom. The first-order chi connectivity index (χ1) is 10.3. The fourth-order valence-electron chi connectivity index (χ4n) is 1.72. The second kappa shape index (κ2) is 6.16. The van der Waals surface area contributed by atoms with Crippen molar-refractivity contribution < 1.29 is 21.3 Å². The van der Waals surface area contributed by atoms with E-state index < -0.39 is 20.0 Å². The van der Waals surface area contributed by atoms with Gasteiger partial charge in [-0.3, -0.25) is 0 Å². The van der Waals surface area contributed by atoms with Crippen molar-refractivity contribution in [3.05, 3.63) is 42.1 Å². The Hall–Kier alpha value is -1.75. The molecule has 2 rings (SSSR count). The lowest BCUT2D eigenvalue weighted by Crippen LogP contribution is -2.27. The van der Waals surface area contributed by atoms with Gasteiger partial charge in [0, 0.05) is 0 Å². The van der Waals surface area contributed by atoms with Crippen molar-refractivity contribution >= 4 is 20.0 Å². The summed E-state index contributed by atoms with van der Waals surface area (Å²) in [7, 11) is -6.73. The molecule has 0 saturated carbocycles. The van der Waals surface area contributed by atoms with E-state index in [4.69, 9.17) is 4.42 Å². The maximum absolute atomic E-state index is 12.3. The van der Waals surface area contributed by atoms with Gasteiger partial charge < -0.3 is 4.42 Å². The molecule has 10 heteroatoms.